The molecule has 1 aromatic heterocycles. The Morgan fingerprint density at radius 3 is 2.95 bits per heavy atom. The van der Waals surface area contributed by atoms with Gasteiger partial charge in [-0.3, -0.25) is 4.79 Å². The Hall–Kier alpha value is -2.08. The molecule has 1 N–H and O–H groups in total. The third-order valence-electron chi connectivity index (χ3n) is 2.56. The predicted octanol–water partition coefficient (Wildman–Crippen LogP) is 2.23. The molecule has 1 amide bonds. The maximum atomic E-state index is 11.9. The standard InChI is InChI=1S/C13H15N3O2S/c1-16(10-5-3-4-6-11(10)18-2)9-12(17)15-13-14-7-8-19-13/h3-8H,9H2,1-2H3,(H,14,15,17). The number of nitrogens with one attached hydrogen (secondary N) is 1. The summed E-state index contributed by atoms with van der Waals surface area (Å²) in [6.45, 7) is 0.236. The molecule has 0 saturated heterocycles. The van der Waals surface area contributed by atoms with Gasteiger partial charge in [-0.05, 0) is 12.1 Å². The van der Waals surface area contributed by atoms with Crippen molar-refractivity contribution in [2.45, 2.75) is 0 Å². The van der Waals surface area contributed by atoms with Gasteiger partial charge in [-0.2, -0.15) is 0 Å². The first kappa shape index (κ1) is 13.4. The number of ether oxygens (including phenoxy) is 1. The molecule has 0 spiro atoms. The largest absolute Gasteiger partial charge is 0.495 e. The van der Waals surface area contributed by atoms with Crippen LogP contribution in [0.15, 0.2) is 35.8 Å². The lowest BCUT2D eigenvalue weighted by atomic mass is 10.2. The highest BCUT2D eigenvalue weighted by Gasteiger charge is 2.12. The smallest absolute Gasteiger partial charge is 0.245 e. The number of aromatic nitrogens is 1. The van der Waals surface area contributed by atoms with Crippen LogP contribution in [0.1, 0.15) is 0 Å². The minimum Gasteiger partial charge on any atom is -0.495 e. The van der Waals surface area contributed by atoms with Gasteiger partial charge >= 0.3 is 0 Å². The zero-order valence-electron chi connectivity index (χ0n) is 10.8. The Kier molecular flexibility index (Phi) is 4.35. The average Bonchev–Trinajstić information content (AvgIpc) is 2.91. The number of carbonyl (C=O) groups excluding carboxylic acids is 1. The van der Waals surface area contributed by atoms with Crippen LogP contribution >= 0.6 is 11.3 Å². The fraction of sp³-hybridized carbons (Fsp3) is 0.231. The first-order valence-corrected chi connectivity index (χ1v) is 6.62. The van der Waals surface area contributed by atoms with Crippen LogP contribution in [0.25, 0.3) is 0 Å². The Morgan fingerprint density at radius 2 is 2.26 bits per heavy atom. The third kappa shape index (κ3) is 3.45. The van der Waals surface area contributed by atoms with E-state index in [1.807, 2.05) is 41.6 Å². The number of thiazole rings is 1. The van der Waals surface area contributed by atoms with Crippen molar-refractivity contribution in [3.63, 3.8) is 0 Å². The molecule has 0 aliphatic heterocycles. The number of para-hydroxylation sites is 2. The van der Waals surface area contributed by atoms with Gasteiger partial charge in [0.1, 0.15) is 5.75 Å². The predicted molar refractivity (Wildman–Crippen MR) is 77.0 cm³/mol. The quantitative estimate of drug-likeness (QED) is 0.910. The number of amides is 1. The van der Waals surface area contributed by atoms with E-state index < -0.39 is 0 Å². The average molecular weight is 277 g/mol. The second kappa shape index (κ2) is 6.19. The van der Waals surface area contributed by atoms with Crippen molar-refractivity contribution in [1.29, 1.82) is 0 Å². The molecule has 2 aromatic rings. The first-order valence-electron chi connectivity index (χ1n) is 5.74. The number of nitrogens with zero attached hydrogens (tertiary/aromatic N) is 2. The van der Waals surface area contributed by atoms with Crippen LogP contribution in [0.3, 0.4) is 0 Å². The van der Waals surface area contributed by atoms with Gasteiger partial charge in [-0.15, -0.1) is 11.3 Å². The molecule has 0 fully saturated rings. The number of carbonyl (C=O) groups is 1. The van der Waals surface area contributed by atoms with Crippen LogP contribution in [0.4, 0.5) is 10.8 Å². The fourth-order valence-electron chi connectivity index (χ4n) is 1.69. The molecule has 0 bridgehead atoms. The monoisotopic (exact) mass is 277 g/mol. The van der Waals surface area contributed by atoms with Crippen molar-refractivity contribution in [2.24, 2.45) is 0 Å². The van der Waals surface area contributed by atoms with Gasteiger partial charge in [-0.25, -0.2) is 4.98 Å². The van der Waals surface area contributed by atoms with Crippen LogP contribution in [-0.2, 0) is 4.79 Å². The van der Waals surface area contributed by atoms with Crippen molar-refractivity contribution in [2.75, 3.05) is 30.9 Å². The zero-order chi connectivity index (χ0) is 13.7. The minimum atomic E-state index is -0.108. The van der Waals surface area contributed by atoms with Gasteiger partial charge in [-0.1, -0.05) is 12.1 Å². The number of hydrogen-bond donors (Lipinski definition) is 1. The molecule has 0 unspecified atom stereocenters. The molecule has 1 heterocycles. The summed E-state index contributed by atoms with van der Waals surface area (Å²) < 4.78 is 5.27. The van der Waals surface area contributed by atoms with Crippen LogP contribution in [0, 0.1) is 0 Å². The summed E-state index contributed by atoms with van der Waals surface area (Å²) in [5, 5.41) is 5.17. The fourth-order valence-corrected chi connectivity index (χ4v) is 2.23. The molecule has 6 heteroatoms. The first-order chi connectivity index (χ1) is 9.20. The maximum Gasteiger partial charge on any atom is 0.245 e. The van der Waals surface area contributed by atoms with Crippen LogP contribution < -0.4 is 15.0 Å². The van der Waals surface area contributed by atoms with E-state index in [1.54, 1.807) is 13.3 Å². The number of benzene rings is 1. The van der Waals surface area contributed by atoms with E-state index in [2.05, 4.69) is 10.3 Å². The molecule has 1 aromatic carbocycles. The highest BCUT2D eigenvalue weighted by Crippen LogP contribution is 2.26. The molecular weight excluding hydrogens is 262 g/mol. The molecule has 0 radical (unpaired) electrons. The van der Waals surface area contributed by atoms with Gasteiger partial charge in [0.05, 0.1) is 19.3 Å². The molecule has 0 atom stereocenters. The van der Waals surface area contributed by atoms with Crippen LogP contribution in [0.5, 0.6) is 5.75 Å². The maximum absolute atomic E-state index is 11.9. The molecule has 100 valence electrons. The number of rotatable bonds is 5. The Balaban J connectivity index is 2.00. The normalized spacial score (nSPS) is 10.0. The van der Waals surface area contributed by atoms with Crippen LogP contribution in [-0.4, -0.2) is 31.6 Å². The molecular formula is C13H15N3O2S. The second-order valence-electron chi connectivity index (χ2n) is 3.91. The van der Waals surface area contributed by atoms with Crippen molar-refractivity contribution in [1.82, 2.24) is 4.98 Å². The van der Waals surface area contributed by atoms with Gasteiger partial charge in [0.2, 0.25) is 5.91 Å². The Morgan fingerprint density at radius 1 is 1.47 bits per heavy atom. The third-order valence-corrected chi connectivity index (χ3v) is 3.24. The minimum absolute atomic E-state index is 0.108. The van der Waals surface area contributed by atoms with Gasteiger partial charge < -0.3 is 15.0 Å². The molecule has 2 rings (SSSR count). The summed E-state index contributed by atoms with van der Waals surface area (Å²) in [5.41, 5.74) is 0.874. The Bertz CT molecular complexity index is 543. The molecule has 0 aliphatic rings. The molecule has 5 nitrogen and oxygen atoms in total. The topological polar surface area (TPSA) is 54.5 Å². The van der Waals surface area contributed by atoms with E-state index in [0.717, 1.165) is 11.4 Å². The lowest BCUT2D eigenvalue weighted by Crippen LogP contribution is -2.30. The van der Waals surface area contributed by atoms with Crippen molar-refractivity contribution in [3.8, 4) is 5.75 Å². The van der Waals surface area contributed by atoms with E-state index >= 15 is 0 Å². The SMILES string of the molecule is COc1ccccc1N(C)CC(=O)Nc1nccs1. The number of anilines is 2. The van der Waals surface area contributed by atoms with E-state index in [1.165, 1.54) is 11.3 Å². The summed E-state index contributed by atoms with van der Waals surface area (Å²) >= 11 is 1.40. The summed E-state index contributed by atoms with van der Waals surface area (Å²) in [5.74, 6) is 0.635. The van der Waals surface area contributed by atoms with Gasteiger partial charge in [0.25, 0.3) is 0 Å². The lowest BCUT2D eigenvalue weighted by Gasteiger charge is -2.20. The number of methoxy groups -OCH3 is 1. The Labute approximate surface area is 115 Å². The summed E-state index contributed by atoms with van der Waals surface area (Å²) in [6.07, 6.45) is 1.66. The molecule has 0 saturated carbocycles. The summed E-state index contributed by atoms with van der Waals surface area (Å²) in [7, 11) is 3.46. The summed E-state index contributed by atoms with van der Waals surface area (Å²) in [6, 6.07) is 7.58. The van der Waals surface area contributed by atoms with Gasteiger partial charge in [0, 0.05) is 18.6 Å². The zero-order valence-corrected chi connectivity index (χ0v) is 11.6. The number of likely N-dealkylation sites (N-methyl/N-ethyl adjacent to an activating group) is 1. The lowest BCUT2D eigenvalue weighted by molar-refractivity contribution is -0.114. The second-order valence-corrected chi connectivity index (χ2v) is 4.81. The van der Waals surface area contributed by atoms with Gasteiger partial charge in [0.15, 0.2) is 5.13 Å². The number of hydrogen-bond acceptors (Lipinski definition) is 5. The van der Waals surface area contributed by atoms with E-state index in [0.29, 0.717) is 5.13 Å². The van der Waals surface area contributed by atoms with Crippen molar-refractivity contribution >= 4 is 28.1 Å². The van der Waals surface area contributed by atoms with E-state index in [-0.39, 0.29) is 12.5 Å². The van der Waals surface area contributed by atoms with Crippen molar-refractivity contribution in [3.05, 3.63) is 35.8 Å². The molecule has 0 aliphatic carbocycles. The van der Waals surface area contributed by atoms with Crippen molar-refractivity contribution < 1.29 is 9.53 Å². The molecule has 19 heavy (non-hydrogen) atoms. The van der Waals surface area contributed by atoms with Crippen LogP contribution in [0.2, 0.25) is 0 Å². The highest BCUT2D eigenvalue weighted by atomic mass is 32.1. The van der Waals surface area contributed by atoms with E-state index in [9.17, 15) is 4.79 Å². The summed E-state index contributed by atoms with van der Waals surface area (Å²) in [4.78, 5) is 17.7. The van der Waals surface area contributed by atoms with E-state index in [4.69, 9.17) is 4.74 Å². The highest BCUT2D eigenvalue weighted by molar-refractivity contribution is 7.13.